The number of hydrogen-bond donors (Lipinski definition) is 0. The lowest BCUT2D eigenvalue weighted by Crippen LogP contribution is -2.37. The van der Waals surface area contributed by atoms with E-state index in [4.69, 9.17) is 9.26 Å². The molecular weight excluding hydrogens is 361 g/mol. The largest absolute Gasteiger partial charge is 0.381 e. The van der Waals surface area contributed by atoms with Crippen LogP contribution in [-0.4, -0.2) is 40.7 Å². The average molecular weight is 387 g/mol. The van der Waals surface area contributed by atoms with E-state index in [2.05, 4.69) is 10.1 Å². The van der Waals surface area contributed by atoms with Crippen LogP contribution in [-0.2, 0) is 9.53 Å². The molecule has 2 aliphatic rings. The molecule has 0 spiro atoms. The number of carbonyl (C=O) groups excluding carboxylic acids is 1. The summed E-state index contributed by atoms with van der Waals surface area (Å²) in [7, 11) is 0. The molecule has 1 atom stereocenters. The molecule has 7 heteroatoms. The predicted molar refractivity (Wildman–Crippen MR) is 101 cm³/mol. The Labute approximate surface area is 164 Å². The van der Waals surface area contributed by atoms with Crippen LogP contribution >= 0.6 is 0 Å². The number of hydrogen-bond acceptors (Lipinski definition) is 5. The highest BCUT2D eigenvalue weighted by atomic mass is 19.1. The molecule has 0 aliphatic carbocycles. The lowest BCUT2D eigenvalue weighted by Gasteiger charge is -2.30. The van der Waals surface area contributed by atoms with E-state index in [0.29, 0.717) is 29.6 Å². The van der Waals surface area contributed by atoms with Gasteiger partial charge in [-0.15, -0.1) is 0 Å². The maximum Gasteiger partial charge on any atom is 0.258 e. The summed E-state index contributed by atoms with van der Waals surface area (Å²) in [5.74, 6) is 1.16. The highest BCUT2D eigenvalue weighted by molar-refractivity contribution is 5.77. The van der Waals surface area contributed by atoms with Crippen molar-refractivity contribution in [1.29, 1.82) is 0 Å². The van der Waals surface area contributed by atoms with Gasteiger partial charge in [0.1, 0.15) is 5.82 Å². The predicted octanol–water partition coefficient (Wildman–Crippen LogP) is 4.14. The van der Waals surface area contributed by atoms with E-state index in [0.717, 1.165) is 58.3 Å². The summed E-state index contributed by atoms with van der Waals surface area (Å²) in [4.78, 5) is 19.6. The Morgan fingerprint density at radius 2 is 1.89 bits per heavy atom. The molecule has 2 aromatic rings. The topological polar surface area (TPSA) is 68.5 Å². The molecule has 1 aromatic heterocycles. The standard InChI is InChI=1S/C21H26FN3O3/c22-17-7-5-16(6-8-17)21-23-20(24-28-21)18-4-2-1-3-11-25(18)19(26)14-15-9-12-27-13-10-15/h5-8,15,18H,1-4,9-14H2/t18-/m0/s1. The number of rotatable bonds is 4. The third kappa shape index (κ3) is 4.41. The van der Waals surface area contributed by atoms with Gasteiger partial charge in [-0.2, -0.15) is 4.98 Å². The van der Waals surface area contributed by atoms with Gasteiger partial charge in [0.2, 0.25) is 5.91 Å². The highest BCUT2D eigenvalue weighted by Crippen LogP contribution is 2.32. The van der Waals surface area contributed by atoms with E-state index in [1.165, 1.54) is 12.1 Å². The Kier molecular flexibility index (Phi) is 6.00. The number of aromatic nitrogens is 2. The second kappa shape index (κ2) is 8.82. The third-order valence-corrected chi connectivity index (χ3v) is 5.71. The van der Waals surface area contributed by atoms with Crippen molar-refractivity contribution in [1.82, 2.24) is 15.0 Å². The summed E-state index contributed by atoms with van der Waals surface area (Å²) in [6.45, 7) is 2.22. The van der Waals surface area contributed by atoms with Crippen molar-refractivity contribution in [3.63, 3.8) is 0 Å². The molecule has 2 saturated heterocycles. The van der Waals surface area contributed by atoms with Gasteiger partial charge in [-0.25, -0.2) is 4.39 Å². The fourth-order valence-electron chi connectivity index (χ4n) is 4.07. The Hall–Kier alpha value is -2.28. The minimum absolute atomic E-state index is 0.159. The van der Waals surface area contributed by atoms with Gasteiger partial charge in [-0.1, -0.05) is 18.0 Å². The van der Waals surface area contributed by atoms with Crippen LogP contribution in [0.4, 0.5) is 4.39 Å². The summed E-state index contributed by atoms with van der Waals surface area (Å²) in [6.07, 6.45) is 6.41. The quantitative estimate of drug-likeness (QED) is 0.789. The van der Waals surface area contributed by atoms with Crippen LogP contribution in [0.3, 0.4) is 0 Å². The second-order valence-electron chi connectivity index (χ2n) is 7.68. The van der Waals surface area contributed by atoms with Crippen molar-refractivity contribution < 1.29 is 18.4 Å². The summed E-state index contributed by atoms with van der Waals surface area (Å²) < 4.78 is 24.0. The van der Waals surface area contributed by atoms with E-state index in [9.17, 15) is 9.18 Å². The van der Waals surface area contributed by atoms with Crippen molar-refractivity contribution in [2.75, 3.05) is 19.8 Å². The summed E-state index contributed by atoms with van der Waals surface area (Å²) in [6, 6.07) is 5.82. The molecule has 0 bridgehead atoms. The van der Waals surface area contributed by atoms with Gasteiger partial charge in [0.25, 0.3) is 5.89 Å². The van der Waals surface area contributed by atoms with E-state index in [-0.39, 0.29) is 17.8 Å². The lowest BCUT2D eigenvalue weighted by molar-refractivity contribution is -0.135. The summed E-state index contributed by atoms with van der Waals surface area (Å²) in [5, 5.41) is 4.17. The zero-order valence-electron chi connectivity index (χ0n) is 16.0. The first kappa shape index (κ1) is 19.1. The molecule has 28 heavy (non-hydrogen) atoms. The number of nitrogens with zero attached hydrogens (tertiary/aromatic N) is 3. The van der Waals surface area contributed by atoms with Crippen LogP contribution in [0.2, 0.25) is 0 Å². The normalized spacial score (nSPS) is 21.5. The molecule has 0 unspecified atom stereocenters. The van der Waals surface area contributed by atoms with Crippen molar-refractivity contribution in [3.05, 3.63) is 35.9 Å². The number of amides is 1. The van der Waals surface area contributed by atoms with E-state index >= 15 is 0 Å². The van der Waals surface area contributed by atoms with Crippen LogP contribution in [0.5, 0.6) is 0 Å². The summed E-state index contributed by atoms with van der Waals surface area (Å²) in [5.41, 5.74) is 0.675. The van der Waals surface area contributed by atoms with Crippen LogP contribution in [0.15, 0.2) is 28.8 Å². The van der Waals surface area contributed by atoms with Crippen LogP contribution in [0, 0.1) is 11.7 Å². The minimum Gasteiger partial charge on any atom is -0.381 e. The molecule has 1 aromatic carbocycles. The van der Waals surface area contributed by atoms with Crippen molar-refractivity contribution in [2.24, 2.45) is 5.92 Å². The number of halogens is 1. The van der Waals surface area contributed by atoms with Gasteiger partial charge in [-0.3, -0.25) is 4.79 Å². The van der Waals surface area contributed by atoms with Crippen LogP contribution in [0.1, 0.15) is 56.8 Å². The Bertz CT molecular complexity index is 786. The van der Waals surface area contributed by atoms with Gasteiger partial charge in [-0.05, 0) is 55.9 Å². The molecule has 1 amide bonds. The molecule has 6 nitrogen and oxygen atoms in total. The van der Waals surface area contributed by atoms with Gasteiger partial charge < -0.3 is 14.2 Å². The molecule has 0 saturated carbocycles. The molecule has 150 valence electrons. The number of carbonyl (C=O) groups is 1. The first-order valence-electron chi connectivity index (χ1n) is 10.2. The Morgan fingerprint density at radius 1 is 1.11 bits per heavy atom. The monoisotopic (exact) mass is 387 g/mol. The van der Waals surface area contributed by atoms with Gasteiger partial charge in [0.15, 0.2) is 5.82 Å². The second-order valence-corrected chi connectivity index (χ2v) is 7.68. The van der Waals surface area contributed by atoms with Crippen LogP contribution < -0.4 is 0 Å². The van der Waals surface area contributed by atoms with Gasteiger partial charge >= 0.3 is 0 Å². The molecule has 0 radical (unpaired) electrons. The zero-order chi connectivity index (χ0) is 19.3. The number of likely N-dealkylation sites (tertiary alicyclic amines) is 1. The first-order chi connectivity index (χ1) is 13.7. The van der Waals surface area contributed by atoms with Gasteiger partial charge in [0.05, 0.1) is 6.04 Å². The minimum atomic E-state index is -0.308. The smallest absolute Gasteiger partial charge is 0.258 e. The number of ether oxygens (including phenoxy) is 1. The Balaban J connectivity index is 1.51. The molecule has 2 aliphatic heterocycles. The van der Waals surface area contributed by atoms with Crippen molar-refractivity contribution >= 4 is 5.91 Å². The average Bonchev–Trinajstić information content (AvgIpc) is 3.06. The zero-order valence-corrected chi connectivity index (χ0v) is 16.0. The molecule has 3 heterocycles. The van der Waals surface area contributed by atoms with Gasteiger partial charge in [0, 0.05) is 31.7 Å². The number of benzene rings is 1. The van der Waals surface area contributed by atoms with E-state index < -0.39 is 0 Å². The molecular formula is C21H26FN3O3. The van der Waals surface area contributed by atoms with Crippen LogP contribution in [0.25, 0.3) is 11.5 Å². The van der Waals surface area contributed by atoms with E-state index in [1.54, 1.807) is 12.1 Å². The molecule has 0 N–H and O–H groups in total. The maximum atomic E-state index is 13.2. The highest BCUT2D eigenvalue weighted by Gasteiger charge is 2.32. The first-order valence-corrected chi connectivity index (χ1v) is 10.2. The molecule has 4 rings (SSSR count). The summed E-state index contributed by atoms with van der Waals surface area (Å²) >= 11 is 0. The maximum absolute atomic E-state index is 13.2. The van der Waals surface area contributed by atoms with Crippen molar-refractivity contribution in [2.45, 2.75) is 51.0 Å². The van der Waals surface area contributed by atoms with E-state index in [1.807, 2.05) is 4.90 Å². The SMILES string of the molecule is O=C(CC1CCOCC1)N1CCCCC[C@H]1c1noc(-c2ccc(F)cc2)n1. The fourth-order valence-corrected chi connectivity index (χ4v) is 4.07. The lowest BCUT2D eigenvalue weighted by atomic mass is 9.95. The Morgan fingerprint density at radius 3 is 2.68 bits per heavy atom. The third-order valence-electron chi connectivity index (χ3n) is 5.71. The van der Waals surface area contributed by atoms with Crippen molar-refractivity contribution in [3.8, 4) is 11.5 Å². The fraction of sp³-hybridized carbons (Fsp3) is 0.571. The molecule has 2 fully saturated rings.